The van der Waals surface area contributed by atoms with Crippen molar-refractivity contribution in [2.45, 2.75) is 20.4 Å². The lowest BCUT2D eigenvalue weighted by Crippen LogP contribution is -2.30. The van der Waals surface area contributed by atoms with Crippen molar-refractivity contribution < 1.29 is 4.79 Å². The van der Waals surface area contributed by atoms with Crippen LogP contribution >= 0.6 is 0 Å². The molecule has 0 unspecified atom stereocenters. The van der Waals surface area contributed by atoms with Gasteiger partial charge in [-0.3, -0.25) is 9.78 Å². The minimum atomic E-state index is -0.0322. The average molecular weight is 269 g/mol. The molecule has 4 nitrogen and oxygen atoms in total. The highest BCUT2D eigenvalue weighted by Gasteiger charge is 2.16. The summed E-state index contributed by atoms with van der Waals surface area (Å²) in [6.45, 7) is 4.92. The van der Waals surface area contributed by atoms with Crippen molar-refractivity contribution >= 4 is 11.6 Å². The molecule has 0 atom stereocenters. The zero-order valence-corrected chi connectivity index (χ0v) is 11.8. The molecule has 0 aliphatic carbocycles. The highest BCUT2D eigenvalue weighted by molar-refractivity contribution is 6.06. The third-order valence-corrected chi connectivity index (χ3v) is 3.15. The van der Waals surface area contributed by atoms with E-state index in [0.29, 0.717) is 18.7 Å². The standard InChI is InChI=1S/C16H19N3O/c1-3-19(15-6-4-5-12(2)9-15)16(20)13-7-8-18-14(10-13)11-17/h4-10H,3,11,17H2,1-2H3. The number of aromatic nitrogens is 1. The minimum absolute atomic E-state index is 0.0322. The predicted molar refractivity (Wildman–Crippen MR) is 80.7 cm³/mol. The van der Waals surface area contributed by atoms with Gasteiger partial charge >= 0.3 is 0 Å². The van der Waals surface area contributed by atoms with E-state index >= 15 is 0 Å². The van der Waals surface area contributed by atoms with Gasteiger partial charge < -0.3 is 10.6 Å². The van der Waals surface area contributed by atoms with E-state index in [2.05, 4.69) is 4.98 Å². The van der Waals surface area contributed by atoms with E-state index in [1.54, 1.807) is 23.2 Å². The van der Waals surface area contributed by atoms with Gasteiger partial charge in [-0.25, -0.2) is 0 Å². The van der Waals surface area contributed by atoms with E-state index in [1.807, 2.05) is 38.1 Å². The fourth-order valence-electron chi connectivity index (χ4n) is 2.12. The van der Waals surface area contributed by atoms with Crippen LogP contribution < -0.4 is 10.6 Å². The molecule has 2 rings (SSSR count). The first-order chi connectivity index (χ1) is 9.65. The van der Waals surface area contributed by atoms with E-state index < -0.39 is 0 Å². The first-order valence-corrected chi connectivity index (χ1v) is 6.69. The van der Waals surface area contributed by atoms with Crippen LogP contribution in [0.2, 0.25) is 0 Å². The topological polar surface area (TPSA) is 59.2 Å². The summed E-state index contributed by atoms with van der Waals surface area (Å²) in [6, 6.07) is 11.4. The molecule has 1 heterocycles. The quantitative estimate of drug-likeness (QED) is 0.927. The van der Waals surface area contributed by atoms with Gasteiger partial charge in [-0.2, -0.15) is 0 Å². The molecule has 2 aromatic rings. The lowest BCUT2D eigenvalue weighted by atomic mass is 10.1. The van der Waals surface area contributed by atoms with Crippen LogP contribution in [0.4, 0.5) is 5.69 Å². The Morgan fingerprint density at radius 2 is 2.10 bits per heavy atom. The van der Waals surface area contributed by atoms with Gasteiger partial charge in [-0.1, -0.05) is 12.1 Å². The number of pyridine rings is 1. The van der Waals surface area contributed by atoms with Gasteiger partial charge in [0, 0.05) is 30.5 Å². The number of nitrogens with two attached hydrogens (primary N) is 1. The maximum Gasteiger partial charge on any atom is 0.258 e. The molecule has 0 spiro atoms. The molecule has 0 radical (unpaired) electrons. The number of carbonyl (C=O) groups excluding carboxylic acids is 1. The number of rotatable bonds is 4. The van der Waals surface area contributed by atoms with Crippen molar-refractivity contribution in [3.8, 4) is 0 Å². The SMILES string of the molecule is CCN(C(=O)c1ccnc(CN)c1)c1cccc(C)c1. The molecular formula is C16H19N3O. The van der Waals surface area contributed by atoms with Crippen LogP contribution in [0.5, 0.6) is 0 Å². The van der Waals surface area contributed by atoms with Crippen LogP contribution in [0.1, 0.15) is 28.5 Å². The molecule has 104 valence electrons. The molecule has 4 heteroatoms. The van der Waals surface area contributed by atoms with Crippen molar-refractivity contribution in [2.24, 2.45) is 5.73 Å². The van der Waals surface area contributed by atoms with E-state index in [0.717, 1.165) is 16.9 Å². The van der Waals surface area contributed by atoms with Crippen LogP contribution in [-0.2, 0) is 6.54 Å². The maximum atomic E-state index is 12.6. The van der Waals surface area contributed by atoms with Gasteiger partial charge in [0.05, 0.1) is 5.69 Å². The number of amides is 1. The Labute approximate surface area is 119 Å². The number of nitrogens with zero attached hydrogens (tertiary/aromatic N) is 2. The van der Waals surface area contributed by atoms with Gasteiger partial charge in [0.1, 0.15) is 0 Å². The Hall–Kier alpha value is -2.20. The Morgan fingerprint density at radius 3 is 2.75 bits per heavy atom. The number of anilines is 1. The number of benzene rings is 1. The van der Waals surface area contributed by atoms with Crippen molar-refractivity contribution in [1.82, 2.24) is 4.98 Å². The van der Waals surface area contributed by atoms with Crippen LogP contribution in [0, 0.1) is 6.92 Å². The summed E-state index contributed by atoms with van der Waals surface area (Å²) in [5.74, 6) is -0.0322. The molecule has 0 fully saturated rings. The number of carbonyl (C=O) groups is 1. The van der Waals surface area contributed by atoms with Gasteiger partial charge in [-0.05, 0) is 43.7 Å². The zero-order valence-electron chi connectivity index (χ0n) is 11.8. The van der Waals surface area contributed by atoms with Gasteiger partial charge in [-0.15, -0.1) is 0 Å². The maximum absolute atomic E-state index is 12.6. The Kier molecular flexibility index (Phi) is 4.48. The summed E-state index contributed by atoms with van der Waals surface area (Å²) in [6.07, 6.45) is 1.62. The van der Waals surface area contributed by atoms with Gasteiger partial charge in [0.2, 0.25) is 0 Å². The molecule has 0 saturated carbocycles. The smallest absolute Gasteiger partial charge is 0.258 e. The number of hydrogen-bond donors (Lipinski definition) is 1. The summed E-state index contributed by atoms with van der Waals surface area (Å²) in [4.78, 5) is 18.5. The number of aryl methyl sites for hydroxylation is 1. The summed E-state index contributed by atoms with van der Waals surface area (Å²) in [5.41, 5.74) is 8.94. The van der Waals surface area contributed by atoms with Crippen LogP contribution in [0.25, 0.3) is 0 Å². The predicted octanol–water partition coefficient (Wildman–Crippen LogP) is 2.52. The largest absolute Gasteiger partial charge is 0.325 e. The molecule has 1 aromatic carbocycles. The lowest BCUT2D eigenvalue weighted by Gasteiger charge is -2.21. The second kappa shape index (κ2) is 6.30. The Morgan fingerprint density at radius 1 is 1.30 bits per heavy atom. The molecular weight excluding hydrogens is 250 g/mol. The first kappa shape index (κ1) is 14.2. The van der Waals surface area contributed by atoms with E-state index in [1.165, 1.54) is 0 Å². The molecule has 0 aliphatic rings. The van der Waals surface area contributed by atoms with Gasteiger partial charge in [0.15, 0.2) is 0 Å². The van der Waals surface area contributed by atoms with E-state index in [9.17, 15) is 4.79 Å². The molecule has 1 amide bonds. The van der Waals surface area contributed by atoms with Crippen LogP contribution in [0.3, 0.4) is 0 Å². The Bertz CT molecular complexity index is 610. The number of hydrogen-bond acceptors (Lipinski definition) is 3. The second-order valence-corrected chi connectivity index (χ2v) is 4.63. The average Bonchev–Trinajstić information content (AvgIpc) is 2.48. The summed E-state index contributed by atoms with van der Waals surface area (Å²) < 4.78 is 0. The fourth-order valence-corrected chi connectivity index (χ4v) is 2.12. The highest BCUT2D eigenvalue weighted by Crippen LogP contribution is 2.18. The van der Waals surface area contributed by atoms with Crippen molar-refractivity contribution in [1.29, 1.82) is 0 Å². The van der Waals surface area contributed by atoms with Gasteiger partial charge in [0.25, 0.3) is 5.91 Å². The monoisotopic (exact) mass is 269 g/mol. The molecule has 1 aromatic heterocycles. The van der Waals surface area contributed by atoms with Crippen LogP contribution in [-0.4, -0.2) is 17.4 Å². The molecule has 20 heavy (non-hydrogen) atoms. The lowest BCUT2D eigenvalue weighted by molar-refractivity contribution is 0.0988. The molecule has 0 saturated heterocycles. The summed E-state index contributed by atoms with van der Waals surface area (Å²) in [5, 5.41) is 0. The summed E-state index contributed by atoms with van der Waals surface area (Å²) in [7, 11) is 0. The highest BCUT2D eigenvalue weighted by atomic mass is 16.2. The van der Waals surface area contributed by atoms with E-state index in [-0.39, 0.29) is 5.91 Å². The third kappa shape index (κ3) is 3.03. The van der Waals surface area contributed by atoms with Crippen molar-refractivity contribution in [2.75, 3.05) is 11.4 Å². The second-order valence-electron chi connectivity index (χ2n) is 4.63. The molecule has 0 bridgehead atoms. The zero-order chi connectivity index (χ0) is 14.5. The summed E-state index contributed by atoms with van der Waals surface area (Å²) >= 11 is 0. The van der Waals surface area contributed by atoms with Crippen molar-refractivity contribution in [3.05, 3.63) is 59.4 Å². The third-order valence-electron chi connectivity index (χ3n) is 3.15. The Balaban J connectivity index is 2.33. The normalized spacial score (nSPS) is 10.3. The molecule has 2 N–H and O–H groups in total. The molecule has 0 aliphatic heterocycles. The fraction of sp³-hybridized carbons (Fsp3) is 0.250. The van der Waals surface area contributed by atoms with Crippen molar-refractivity contribution in [3.63, 3.8) is 0 Å². The van der Waals surface area contributed by atoms with E-state index in [4.69, 9.17) is 5.73 Å². The minimum Gasteiger partial charge on any atom is -0.325 e. The first-order valence-electron chi connectivity index (χ1n) is 6.69. The van der Waals surface area contributed by atoms with Crippen LogP contribution in [0.15, 0.2) is 42.6 Å².